The van der Waals surface area contributed by atoms with Gasteiger partial charge in [-0.2, -0.15) is 0 Å². The maximum Gasteiger partial charge on any atom is 0.354 e. The first-order valence-corrected chi connectivity index (χ1v) is 6.16. The molecule has 5 nitrogen and oxygen atoms in total. The van der Waals surface area contributed by atoms with Crippen LogP contribution in [0, 0.1) is 0 Å². The van der Waals surface area contributed by atoms with Crippen LogP contribution in [0.1, 0.15) is 45.9 Å². The molecule has 1 aromatic heterocycles. The normalized spacial score (nSPS) is 12.6. The first kappa shape index (κ1) is 15.1. The molecule has 1 atom stereocenters. The quantitative estimate of drug-likeness (QED) is 0.782. The van der Waals surface area contributed by atoms with Crippen LogP contribution < -0.4 is 0 Å². The first-order chi connectivity index (χ1) is 8.83. The van der Waals surface area contributed by atoms with E-state index in [-0.39, 0.29) is 6.42 Å². The highest BCUT2D eigenvalue weighted by Crippen LogP contribution is 2.21. The van der Waals surface area contributed by atoms with E-state index in [1.807, 2.05) is 0 Å². The number of rotatable bonds is 4. The largest absolute Gasteiger partial charge is 0.457 e. The lowest BCUT2D eigenvalue weighted by atomic mass is 10.1. The minimum atomic E-state index is -1.12. The Balaban J connectivity index is 2.93. The molecule has 0 N–H and O–H groups in total. The highest BCUT2D eigenvalue weighted by Gasteiger charge is 2.30. The lowest BCUT2D eigenvalue weighted by molar-refractivity contribution is -0.176. The topological polar surface area (TPSA) is 65.5 Å². The van der Waals surface area contributed by atoms with E-state index in [0.29, 0.717) is 5.69 Å². The lowest BCUT2D eigenvalue weighted by Crippen LogP contribution is -2.30. The summed E-state index contributed by atoms with van der Waals surface area (Å²) in [6, 6.07) is 5.06. The molecule has 0 amide bonds. The molecule has 0 aromatic carbocycles. The molecule has 0 bridgehead atoms. The number of hydrogen-bond donors (Lipinski definition) is 0. The Morgan fingerprint density at radius 1 is 1.32 bits per heavy atom. The van der Waals surface area contributed by atoms with Crippen molar-refractivity contribution >= 4 is 11.9 Å². The Hall–Kier alpha value is -1.91. The molecule has 1 rings (SSSR count). The number of esters is 2. The molecule has 19 heavy (non-hydrogen) atoms. The minimum Gasteiger partial charge on any atom is -0.457 e. The number of hydrogen-bond acceptors (Lipinski definition) is 5. The Morgan fingerprint density at radius 2 is 2.00 bits per heavy atom. The fourth-order valence-corrected chi connectivity index (χ4v) is 1.33. The Kier molecular flexibility index (Phi) is 5.03. The smallest absolute Gasteiger partial charge is 0.354 e. The summed E-state index contributed by atoms with van der Waals surface area (Å²) < 4.78 is 10.4. The van der Waals surface area contributed by atoms with E-state index in [9.17, 15) is 9.59 Å². The number of aromatic nitrogens is 1. The summed E-state index contributed by atoms with van der Waals surface area (Å²) >= 11 is 0. The lowest BCUT2D eigenvalue weighted by Gasteiger charge is -2.23. The van der Waals surface area contributed by atoms with Gasteiger partial charge in [-0.25, -0.2) is 4.79 Å². The van der Waals surface area contributed by atoms with Gasteiger partial charge in [0.1, 0.15) is 5.60 Å². The standard InChI is InChI=1S/C14H19NO4/c1-5-11(16)18-12(10-8-6-7-9-15-10)13(17)19-14(2,3)4/h6-9,12H,5H2,1-4H3. The van der Waals surface area contributed by atoms with Crippen molar-refractivity contribution in [2.24, 2.45) is 0 Å². The van der Waals surface area contributed by atoms with Gasteiger partial charge in [-0.05, 0) is 32.9 Å². The van der Waals surface area contributed by atoms with Gasteiger partial charge in [0.25, 0.3) is 0 Å². The fourth-order valence-electron chi connectivity index (χ4n) is 1.33. The number of nitrogens with zero attached hydrogens (tertiary/aromatic N) is 1. The van der Waals surface area contributed by atoms with Crippen LogP contribution in [0.5, 0.6) is 0 Å². The third kappa shape index (κ3) is 5.07. The molecule has 104 valence electrons. The maximum atomic E-state index is 12.1. The van der Waals surface area contributed by atoms with E-state index in [0.717, 1.165) is 0 Å². The molecular weight excluding hydrogens is 246 g/mol. The summed E-state index contributed by atoms with van der Waals surface area (Å²) in [6.07, 6.45) is 0.603. The average Bonchev–Trinajstić information content (AvgIpc) is 2.34. The highest BCUT2D eigenvalue weighted by molar-refractivity contribution is 5.80. The number of carbonyl (C=O) groups is 2. The van der Waals surface area contributed by atoms with Crippen LogP contribution in [0.15, 0.2) is 24.4 Å². The van der Waals surface area contributed by atoms with E-state index in [1.54, 1.807) is 45.9 Å². The monoisotopic (exact) mass is 265 g/mol. The van der Waals surface area contributed by atoms with Crippen LogP contribution in [0.4, 0.5) is 0 Å². The SMILES string of the molecule is CCC(=O)OC(C(=O)OC(C)(C)C)c1ccccn1. The summed E-state index contributed by atoms with van der Waals surface area (Å²) in [7, 11) is 0. The van der Waals surface area contributed by atoms with Crippen LogP contribution in [0.25, 0.3) is 0 Å². The zero-order chi connectivity index (χ0) is 14.5. The summed E-state index contributed by atoms with van der Waals surface area (Å²) in [4.78, 5) is 27.5. The second-order valence-corrected chi connectivity index (χ2v) is 5.01. The molecule has 0 spiro atoms. The molecular formula is C14H19NO4. The highest BCUT2D eigenvalue weighted by atomic mass is 16.6. The summed E-state index contributed by atoms with van der Waals surface area (Å²) in [5.74, 6) is -1.09. The molecule has 1 unspecified atom stereocenters. The number of carbonyl (C=O) groups excluding carboxylic acids is 2. The first-order valence-electron chi connectivity index (χ1n) is 6.16. The predicted molar refractivity (Wildman–Crippen MR) is 69.2 cm³/mol. The van der Waals surface area contributed by atoms with E-state index in [2.05, 4.69) is 4.98 Å². The van der Waals surface area contributed by atoms with Crippen molar-refractivity contribution in [1.29, 1.82) is 0 Å². The molecule has 1 aromatic rings. The minimum absolute atomic E-state index is 0.187. The zero-order valence-electron chi connectivity index (χ0n) is 11.7. The Labute approximate surface area is 112 Å². The van der Waals surface area contributed by atoms with E-state index >= 15 is 0 Å². The third-order valence-electron chi connectivity index (χ3n) is 2.12. The van der Waals surface area contributed by atoms with Gasteiger partial charge in [-0.3, -0.25) is 9.78 Å². The molecule has 0 saturated heterocycles. The molecule has 0 aliphatic carbocycles. The number of ether oxygens (including phenoxy) is 2. The fraction of sp³-hybridized carbons (Fsp3) is 0.500. The summed E-state index contributed by atoms with van der Waals surface area (Å²) in [5, 5.41) is 0. The van der Waals surface area contributed by atoms with Gasteiger partial charge in [0.15, 0.2) is 0 Å². The van der Waals surface area contributed by atoms with Crippen molar-refractivity contribution in [3.8, 4) is 0 Å². The van der Waals surface area contributed by atoms with Gasteiger partial charge in [-0.15, -0.1) is 0 Å². The third-order valence-corrected chi connectivity index (χ3v) is 2.12. The summed E-state index contributed by atoms with van der Waals surface area (Å²) in [6.45, 7) is 6.92. The van der Waals surface area contributed by atoms with Gasteiger partial charge in [0.2, 0.25) is 6.10 Å². The van der Waals surface area contributed by atoms with Crippen LogP contribution in [0.2, 0.25) is 0 Å². The van der Waals surface area contributed by atoms with Gasteiger partial charge >= 0.3 is 11.9 Å². The van der Waals surface area contributed by atoms with E-state index in [4.69, 9.17) is 9.47 Å². The summed E-state index contributed by atoms with van der Waals surface area (Å²) in [5.41, 5.74) is -0.290. The van der Waals surface area contributed by atoms with Crippen molar-refractivity contribution in [2.45, 2.75) is 45.8 Å². The predicted octanol–water partition coefficient (Wildman–Crippen LogP) is 2.42. The molecule has 1 heterocycles. The molecule has 0 saturated carbocycles. The molecule has 0 radical (unpaired) electrons. The second kappa shape index (κ2) is 6.31. The second-order valence-electron chi connectivity index (χ2n) is 5.01. The van der Waals surface area contributed by atoms with Crippen LogP contribution in [0.3, 0.4) is 0 Å². The van der Waals surface area contributed by atoms with Crippen molar-refractivity contribution in [3.63, 3.8) is 0 Å². The van der Waals surface area contributed by atoms with Crippen LogP contribution >= 0.6 is 0 Å². The van der Waals surface area contributed by atoms with Gasteiger partial charge in [-0.1, -0.05) is 13.0 Å². The molecule has 0 aliphatic heterocycles. The maximum absolute atomic E-state index is 12.1. The number of pyridine rings is 1. The van der Waals surface area contributed by atoms with Crippen LogP contribution in [-0.4, -0.2) is 22.5 Å². The van der Waals surface area contributed by atoms with E-state index < -0.39 is 23.6 Å². The van der Waals surface area contributed by atoms with Gasteiger partial charge in [0.05, 0.1) is 5.69 Å². The van der Waals surface area contributed by atoms with Gasteiger partial charge < -0.3 is 9.47 Å². The Morgan fingerprint density at radius 3 is 2.47 bits per heavy atom. The molecule has 5 heteroatoms. The average molecular weight is 265 g/mol. The van der Waals surface area contributed by atoms with Crippen molar-refractivity contribution in [2.75, 3.05) is 0 Å². The van der Waals surface area contributed by atoms with Crippen molar-refractivity contribution < 1.29 is 19.1 Å². The van der Waals surface area contributed by atoms with Gasteiger partial charge in [0, 0.05) is 12.6 Å². The van der Waals surface area contributed by atoms with Crippen molar-refractivity contribution in [1.82, 2.24) is 4.98 Å². The Bertz CT molecular complexity index is 437. The zero-order valence-corrected chi connectivity index (χ0v) is 11.7. The van der Waals surface area contributed by atoms with E-state index in [1.165, 1.54) is 6.20 Å². The molecule has 0 aliphatic rings. The molecule has 0 fully saturated rings. The van der Waals surface area contributed by atoms with Crippen molar-refractivity contribution in [3.05, 3.63) is 30.1 Å². The van der Waals surface area contributed by atoms with Crippen LogP contribution in [-0.2, 0) is 19.1 Å².